The van der Waals surface area contributed by atoms with Crippen LogP contribution in [0.2, 0.25) is 0 Å². The van der Waals surface area contributed by atoms with Crippen LogP contribution in [0.1, 0.15) is 38.7 Å². The number of piperidine rings is 1. The summed E-state index contributed by atoms with van der Waals surface area (Å²) in [6.07, 6.45) is -3.71. The van der Waals surface area contributed by atoms with Crippen molar-refractivity contribution in [2.45, 2.75) is 52.0 Å². The third-order valence-electron chi connectivity index (χ3n) is 7.45. The molecule has 1 unspecified atom stereocenters. The molecule has 0 radical (unpaired) electrons. The number of carboxylic acid groups (broad SMARTS) is 2. The number of hydrogen-bond donors (Lipinski definition) is 3. The van der Waals surface area contributed by atoms with Crippen molar-refractivity contribution in [2.75, 3.05) is 32.7 Å². The van der Waals surface area contributed by atoms with Crippen LogP contribution < -0.4 is 5.32 Å². The SMILES string of the molecule is CC(C)C(=O)N1CCC2(CC1)CN(Cc1cccnc1)CC21CCNC1=O.O=C(O)C(F)(F)F.O=C(O)C(F)(F)F. The number of carbonyl (C=O) groups is 4. The lowest BCUT2D eigenvalue weighted by Crippen LogP contribution is -2.53. The topological polar surface area (TPSA) is 140 Å². The zero-order chi connectivity index (χ0) is 31.2. The van der Waals surface area contributed by atoms with Crippen LogP contribution in [0.3, 0.4) is 0 Å². The maximum absolute atomic E-state index is 13.0. The van der Waals surface area contributed by atoms with Crippen LogP contribution in [0.4, 0.5) is 26.3 Å². The summed E-state index contributed by atoms with van der Waals surface area (Å²) in [4.78, 5) is 51.8. The summed E-state index contributed by atoms with van der Waals surface area (Å²) in [6.45, 7) is 8.81. The second-order valence-corrected chi connectivity index (χ2v) is 10.5. The van der Waals surface area contributed by atoms with Crippen LogP contribution in [0.5, 0.6) is 0 Å². The first-order valence-electron chi connectivity index (χ1n) is 12.6. The van der Waals surface area contributed by atoms with E-state index in [9.17, 15) is 35.9 Å². The molecule has 2 amide bonds. The second kappa shape index (κ2) is 13.0. The molecule has 0 aliphatic carbocycles. The van der Waals surface area contributed by atoms with Crippen molar-refractivity contribution in [1.82, 2.24) is 20.1 Å². The standard InChI is InChI=1S/C21H30N4O2.2C2HF3O2/c1-16(2)18(26)25-10-6-20(7-11-25)14-24(13-17-4-3-8-22-12-17)15-21(20)5-9-23-19(21)27;2*3-2(4,5)1(6)7/h3-4,8,12,16H,5-7,9-11,13-15H2,1-2H3,(H,23,27);2*(H,6,7). The molecule has 41 heavy (non-hydrogen) atoms. The second-order valence-electron chi connectivity index (χ2n) is 10.5. The number of likely N-dealkylation sites (tertiary alicyclic amines) is 2. The molecule has 1 aromatic heterocycles. The normalized spacial score (nSPS) is 22.1. The maximum atomic E-state index is 13.0. The van der Waals surface area contributed by atoms with E-state index in [4.69, 9.17) is 19.8 Å². The fourth-order valence-electron chi connectivity index (χ4n) is 5.53. The number of carboxylic acids is 2. The molecule has 4 heterocycles. The van der Waals surface area contributed by atoms with Gasteiger partial charge in [0.2, 0.25) is 11.8 Å². The first-order valence-corrected chi connectivity index (χ1v) is 12.6. The quantitative estimate of drug-likeness (QED) is 0.452. The van der Waals surface area contributed by atoms with Gasteiger partial charge in [0.1, 0.15) is 0 Å². The Labute approximate surface area is 231 Å². The minimum atomic E-state index is -5.08. The molecule has 0 saturated carbocycles. The average molecular weight is 599 g/mol. The van der Waals surface area contributed by atoms with Crippen molar-refractivity contribution in [3.05, 3.63) is 30.1 Å². The van der Waals surface area contributed by atoms with Crippen molar-refractivity contribution in [3.8, 4) is 0 Å². The first-order chi connectivity index (χ1) is 18.8. The lowest BCUT2D eigenvalue weighted by molar-refractivity contribution is -0.193. The summed E-state index contributed by atoms with van der Waals surface area (Å²) in [6, 6.07) is 4.07. The number of carbonyl (C=O) groups excluding carboxylic acids is 2. The molecule has 3 aliphatic heterocycles. The molecule has 1 atom stereocenters. The largest absolute Gasteiger partial charge is 0.490 e. The third kappa shape index (κ3) is 8.30. The van der Waals surface area contributed by atoms with Gasteiger partial charge >= 0.3 is 24.3 Å². The predicted octanol–water partition coefficient (Wildman–Crippen LogP) is 2.93. The zero-order valence-corrected chi connectivity index (χ0v) is 22.4. The van der Waals surface area contributed by atoms with E-state index in [2.05, 4.69) is 21.3 Å². The molecule has 2 spiro atoms. The van der Waals surface area contributed by atoms with Crippen LogP contribution in [-0.2, 0) is 25.7 Å². The summed E-state index contributed by atoms with van der Waals surface area (Å²) in [7, 11) is 0. The Kier molecular flexibility index (Phi) is 10.7. The van der Waals surface area contributed by atoms with Gasteiger partial charge in [-0.15, -0.1) is 0 Å². The van der Waals surface area contributed by atoms with Crippen molar-refractivity contribution < 1.29 is 55.7 Å². The van der Waals surface area contributed by atoms with Crippen LogP contribution >= 0.6 is 0 Å². The molecule has 3 aliphatic rings. The van der Waals surface area contributed by atoms with Crippen molar-refractivity contribution >= 4 is 23.8 Å². The number of fused-ring (bicyclic) bond motifs is 1. The van der Waals surface area contributed by atoms with E-state index in [-0.39, 0.29) is 28.6 Å². The Morgan fingerprint density at radius 1 is 1.00 bits per heavy atom. The van der Waals surface area contributed by atoms with Gasteiger partial charge in [-0.1, -0.05) is 19.9 Å². The number of hydrogen-bond acceptors (Lipinski definition) is 6. The summed E-state index contributed by atoms with van der Waals surface area (Å²) in [5.41, 5.74) is 0.863. The molecule has 3 saturated heterocycles. The zero-order valence-electron chi connectivity index (χ0n) is 22.4. The summed E-state index contributed by atoms with van der Waals surface area (Å²) in [5.74, 6) is -5.02. The van der Waals surface area contributed by atoms with Gasteiger partial charge in [0.25, 0.3) is 0 Å². The predicted molar refractivity (Wildman–Crippen MR) is 130 cm³/mol. The first kappa shape index (κ1) is 33.8. The molecule has 10 nitrogen and oxygen atoms in total. The van der Waals surface area contributed by atoms with E-state index in [1.165, 1.54) is 5.56 Å². The van der Waals surface area contributed by atoms with Gasteiger partial charge in [-0.2, -0.15) is 26.3 Å². The lowest BCUT2D eigenvalue weighted by atomic mass is 9.60. The van der Waals surface area contributed by atoms with E-state index in [1.54, 1.807) is 6.20 Å². The molecule has 3 N–H and O–H groups in total. The molecular formula is C25H32F6N4O6. The fraction of sp³-hybridized carbons (Fsp3) is 0.640. The number of aromatic nitrogens is 1. The van der Waals surface area contributed by atoms with Gasteiger partial charge in [0, 0.05) is 63.0 Å². The smallest absolute Gasteiger partial charge is 0.475 e. The van der Waals surface area contributed by atoms with Gasteiger partial charge in [0.05, 0.1) is 5.41 Å². The highest BCUT2D eigenvalue weighted by atomic mass is 19.4. The number of amides is 2. The van der Waals surface area contributed by atoms with Crippen LogP contribution in [0.15, 0.2) is 24.5 Å². The number of pyridine rings is 1. The van der Waals surface area contributed by atoms with E-state index < -0.39 is 24.3 Å². The minimum Gasteiger partial charge on any atom is -0.475 e. The van der Waals surface area contributed by atoms with Crippen molar-refractivity contribution in [1.29, 1.82) is 0 Å². The number of alkyl halides is 6. The van der Waals surface area contributed by atoms with Crippen molar-refractivity contribution in [2.24, 2.45) is 16.7 Å². The van der Waals surface area contributed by atoms with E-state index >= 15 is 0 Å². The molecule has 0 aromatic carbocycles. The monoisotopic (exact) mass is 598 g/mol. The number of halogens is 6. The van der Waals surface area contributed by atoms with Crippen LogP contribution in [-0.4, -0.2) is 93.8 Å². The Bertz CT molecular complexity index is 1070. The number of nitrogens with one attached hydrogen (secondary N) is 1. The molecule has 4 rings (SSSR count). The van der Waals surface area contributed by atoms with Crippen LogP contribution in [0, 0.1) is 16.7 Å². The average Bonchev–Trinajstić information content (AvgIpc) is 3.39. The van der Waals surface area contributed by atoms with E-state index in [1.807, 2.05) is 31.0 Å². The van der Waals surface area contributed by atoms with Gasteiger partial charge in [-0.3, -0.25) is 19.5 Å². The molecule has 230 valence electrons. The van der Waals surface area contributed by atoms with Gasteiger partial charge < -0.3 is 20.4 Å². The highest BCUT2D eigenvalue weighted by Crippen LogP contribution is 2.56. The fourth-order valence-corrected chi connectivity index (χ4v) is 5.53. The van der Waals surface area contributed by atoms with Crippen molar-refractivity contribution in [3.63, 3.8) is 0 Å². The highest BCUT2D eigenvalue weighted by Gasteiger charge is 2.63. The van der Waals surface area contributed by atoms with Gasteiger partial charge in [-0.05, 0) is 30.9 Å². The molecular weight excluding hydrogens is 566 g/mol. The third-order valence-corrected chi connectivity index (χ3v) is 7.45. The van der Waals surface area contributed by atoms with E-state index in [0.29, 0.717) is 0 Å². The van der Waals surface area contributed by atoms with Gasteiger partial charge in [-0.25, -0.2) is 9.59 Å². The Balaban J connectivity index is 0.000000349. The van der Waals surface area contributed by atoms with Crippen LogP contribution in [0.25, 0.3) is 0 Å². The van der Waals surface area contributed by atoms with E-state index in [0.717, 1.165) is 58.5 Å². The Morgan fingerprint density at radius 2 is 1.54 bits per heavy atom. The minimum absolute atomic E-state index is 0.0243. The Morgan fingerprint density at radius 3 is 1.93 bits per heavy atom. The number of aliphatic carboxylic acids is 2. The molecule has 0 bridgehead atoms. The summed E-state index contributed by atoms with van der Waals surface area (Å²) < 4.78 is 63.5. The van der Waals surface area contributed by atoms with Gasteiger partial charge in [0.15, 0.2) is 0 Å². The molecule has 16 heteroatoms. The number of nitrogens with zero attached hydrogens (tertiary/aromatic N) is 3. The number of rotatable bonds is 3. The lowest BCUT2D eigenvalue weighted by Gasteiger charge is -2.47. The molecule has 3 fully saturated rings. The summed E-state index contributed by atoms with van der Waals surface area (Å²) in [5, 5.41) is 17.4. The maximum Gasteiger partial charge on any atom is 0.490 e. The summed E-state index contributed by atoms with van der Waals surface area (Å²) >= 11 is 0. The molecule has 1 aromatic rings. The highest BCUT2D eigenvalue weighted by molar-refractivity contribution is 5.86. The Hall–Kier alpha value is -3.43.